The summed E-state index contributed by atoms with van der Waals surface area (Å²) >= 11 is 1.68. The minimum atomic E-state index is 0.797. The molecule has 19 heavy (non-hydrogen) atoms. The van der Waals surface area contributed by atoms with Crippen LogP contribution >= 0.6 is 11.3 Å². The van der Waals surface area contributed by atoms with Gasteiger partial charge in [0.05, 0.1) is 5.01 Å². The Bertz CT molecular complexity index is 660. The Morgan fingerprint density at radius 2 is 1.89 bits per heavy atom. The summed E-state index contributed by atoms with van der Waals surface area (Å²) in [6.45, 7) is 0. The second-order valence-corrected chi connectivity index (χ2v) is 5.36. The third kappa shape index (κ3) is 2.66. The van der Waals surface area contributed by atoms with Crippen LogP contribution in [0.4, 0.5) is 5.69 Å². The normalized spacial score (nSPS) is 10.5. The molecule has 2 aromatic carbocycles. The van der Waals surface area contributed by atoms with Crippen LogP contribution in [0.15, 0.2) is 60.1 Å². The molecule has 0 bridgehead atoms. The van der Waals surface area contributed by atoms with Gasteiger partial charge in [-0.25, -0.2) is 4.98 Å². The van der Waals surface area contributed by atoms with Gasteiger partial charge in [-0.2, -0.15) is 0 Å². The van der Waals surface area contributed by atoms with Gasteiger partial charge < -0.3 is 5.73 Å². The quantitative estimate of drug-likeness (QED) is 0.728. The maximum absolute atomic E-state index is 5.92. The molecule has 3 rings (SSSR count). The molecule has 1 heterocycles. The van der Waals surface area contributed by atoms with E-state index in [9.17, 15) is 0 Å². The SMILES string of the molecule is Nc1ccc(-c2ccccc2)c(Cc2nccs2)c1. The second-order valence-electron chi connectivity index (χ2n) is 4.39. The van der Waals surface area contributed by atoms with Gasteiger partial charge in [0, 0.05) is 23.7 Å². The zero-order chi connectivity index (χ0) is 13.1. The monoisotopic (exact) mass is 266 g/mol. The first-order valence-corrected chi connectivity index (χ1v) is 7.03. The maximum atomic E-state index is 5.92. The fourth-order valence-electron chi connectivity index (χ4n) is 2.16. The van der Waals surface area contributed by atoms with E-state index in [0.29, 0.717) is 0 Å². The molecule has 94 valence electrons. The number of anilines is 1. The third-order valence-corrected chi connectivity index (χ3v) is 3.82. The van der Waals surface area contributed by atoms with Crippen molar-refractivity contribution in [2.24, 2.45) is 0 Å². The van der Waals surface area contributed by atoms with Crippen LogP contribution in [-0.4, -0.2) is 4.98 Å². The van der Waals surface area contributed by atoms with Crippen molar-refractivity contribution in [3.8, 4) is 11.1 Å². The molecular weight excluding hydrogens is 252 g/mol. The minimum Gasteiger partial charge on any atom is -0.399 e. The molecule has 0 fully saturated rings. The van der Waals surface area contributed by atoms with Crippen molar-refractivity contribution >= 4 is 17.0 Å². The molecule has 0 aliphatic rings. The van der Waals surface area contributed by atoms with Crippen molar-refractivity contribution in [3.05, 3.63) is 70.7 Å². The Hall–Kier alpha value is -2.13. The predicted octanol–water partition coefficient (Wildman–Crippen LogP) is 3.98. The van der Waals surface area contributed by atoms with Crippen molar-refractivity contribution < 1.29 is 0 Å². The van der Waals surface area contributed by atoms with E-state index < -0.39 is 0 Å². The summed E-state index contributed by atoms with van der Waals surface area (Å²) in [5, 5.41) is 3.12. The summed E-state index contributed by atoms with van der Waals surface area (Å²) in [4.78, 5) is 4.35. The Labute approximate surface area is 116 Å². The lowest BCUT2D eigenvalue weighted by Gasteiger charge is -2.10. The highest BCUT2D eigenvalue weighted by Gasteiger charge is 2.07. The molecule has 0 aliphatic carbocycles. The van der Waals surface area contributed by atoms with Crippen LogP contribution in [0.1, 0.15) is 10.6 Å². The van der Waals surface area contributed by atoms with E-state index in [1.165, 1.54) is 16.7 Å². The molecule has 0 saturated carbocycles. The maximum Gasteiger partial charge on any atom is 0.0968 e. The summed E-state index contributed by atoms with van der Waals surface area (Å²) in [5.74, 6) is 0. The molecular formula is C16H14N2S. The molecule has 0 radical (unpaired) electrons. The van der Waals surface area contributed by atoms with Crippen molar-refractivity contribution in [2.75, 3.05) is 5.73 Å². The number of hydrogen-bond donors (Lipinski definition) is 1. The summed E-state index contributed by atoms with van der Waals surface area (Å²) in [6.07, 6.45) is 2.67. The van der Waals surface area contributed by atoms with Crippen molar-refractivity contribution in [3.63, 3.8) is 0 Å². The summed E-state index contributed by atoms with van der Waals surface area (Å²) in [5.41, 5.74) is 10.4. The van der Waals surface area contributed by atoms with Crippen LogP contribution in [0.5, 0.6) is 0 Å². The van der Waals surface area contributed by atoms with E-state index in [1.807, 2.05) is 29.8 Å². The number of nitrogens with zero attached hydrogens (tertiary/aromatic N) is 1. The van der Waals surface area contributed by atoms with Crippen LogP contribution < -0.4 is 5.73 Å². The Morgan fingerprint density at radius 1 is 1.05 bits per heavy atom. The average molecular weight is 266 g/mol. The number of hydrogen-bond acceptors (Lipinski definition) is 3. The van der Waals surface area contributed by atoms with Crippen LogP contribution in [0.25, 0.3) is 11.1 Å². The molecule has 0 atom stereocenters. The second kappa shape index (κ2) is 5.24. The molecule has 0 aliphatic heterocycles. The Balaban J connectivity index is 2.04. The van der Waals surface area contributed by atoms with E-state index in [1.54, 1.807) is 11.3 Å². The van der Waals surface area contributed by atoms with Crippen molar-refractivity contribution in [2.45, 2.75) is 6.42 Å². The largest absolute Gasteiger partial charge is 0.399 e. The summed E-state index contributed by atoms with van der Waals surface area (Å²) < 4.78 is 0. The molecule has 2 N–H and O–H groups in total. The van der Waals surface area contributed by atoms with Crippen LogP contribution in [-0.2, 0) is 6.42 Å². The van der Waals surface area contributed by atoms with Gasteiger partial charge in [0.25, 0.3) is 0 Å². The number of nitrogens with two attached hydrogens (primary N) is 1. The highest BCUT2D eigenvalue weighted by Crippen LogP contribution is 2.27. The number of benzene rings is 2. The van der Waals surface area contributed by atoms with Crippen molar-refractivity contribution in [1.29, 1.82) is 0 Å². The van der Waals surface area contributed by atoms with Gasteiger partial charge in [-0.05, 0) is 28.8 Å². The van der Waals surface area contributed by atoms with Crippen LogP contribution in [0.2, 0.25) is 0 Å². The predicted molar refractivity (Wildman–Crippen MR) is 81.2 cm³/mol. The van der Waals surface area contributed by atoms with Gasteiger partial charge in [0.2, 0.25) is 0 Å². The fourth-order valence-corrected chi connectivity index (χ4v) is 2.80. The fraction of sp³-hybridized carbons (Fsp3) is 0.0625. The molecule has 3 aromatic rings. The van der Waals surface area contributed by atoms with E-state index in [-0.39, 0.29) is 0 Å². The van der Waals surface area contributed by atoms with Gasteiger partial charge in [-0.1, -0.05) is 36.4 Å². The standard InChI is InChI=1S/C16H14N2S/c17-14-6-7-15(12-4-2-1-3-5-12)13(10-14)11-16-18-8-9-19-16/h1-10H,11,17H2. The lowest BCUT2D eigenvalue weighted by molar-refractivity contribution is 1.14. The molecule has 1 aromatic heterocycles. The number of thiazole rings is 1. The highest BCUT2D eigenvalue weighted by molar-refractivity contribution is 7.09. The first-order valence-electron chi connectivity index (χ1n) is 6.15. The van der Waals surface area contributed by atoms with E-state index in [4.69, 9.17) is 5.73 Å². The van der Waals surface area contributed by atoms with Gasteiger partial charge in [0.1, 0.15) is 0 Å². The minimum absolute atomic E-state index is 0.797. The number of aromatic nitrogens is 1. The molecule has 2 nitrogen and oxygen atoms in total. The Morgan fingerprint density at radius 3 is 2.63 bits per heavy atom. The molecule has 0 saturated heterocycles. The molecule has 0 spiro atoms. The zero-order valence-corrected chi connectivity index (χ0v) is 11.2. The molecule has 3 heteroatoms. The van der Waals surface area contributed by atoms with E-state index in [0.717, 1.165) is 17.1 Å². The number of nitrogen functional groups attached to an aromatic ring is 1. The van der Waals surface area contributed by atoms with Crippen LogP contribution in [0.3, 0.4) is 0 Å². The third-order valence-electron chi connectivity index (χ3n) is 3.04. The van der Waals surface area contributed by atoms with Gasteiger partial charge in [-0.3, -0.25) is 0 Å². The van der Waals surface area contributed by atoms with E-state index in [2.05, 4.69) is 35.3 Å². The van der Waals surface area contributed by atoms with Gasteiger partial charge >= 0.3 is 0 Å². The highest BCUT2D eigenvalue weighted by atomic mass is 32.1. The van der Waals surface area contributed by atoms with Crippen LogP contribution in [0, 0.1) is 0 Å². The van der Waals surface area contributed by atoms with E-state index >= 15 is 0 Å². The zero-order valence-electron chi connectivity index (χ0n) is 10.4. The lowest BCUT2D eigenvalue weighted by atomic mass is 9.97. The summed E-state index contributed by atoms with van der Waals surface area (Å²) in [7, 11) is 0. The summed E-state index contributed by atoms with van der Waals surface area (Å²) in [6, 6.07) is 16.5. The first kappa shape index (κ1) is 11.9. The number of rotatable bonds is 3. The Kier molecular flexibility index (Phi) is 3.29. The topological polar surface area (TPSA) is 38.9 Å². The van der Waals surface area contributed by atoms with Crippen molar-refractivity contribution in [1.82, 2.24) is 4.98 Å². The van der Waals surface area contributed by atoms with Gasteiger partial charge in [0.15, 0.2) is 0 Å². The van der Waals surface area contributed by atoms with Gasteiger partial charge in [-0.15, -0.1) is 11.3 Å². The molecule has 0 unspecified atom stereocenters. The average Bonchev–Trinajstić information content (AvgIpc) is 2.93. The lowest BCUT2D eigenvalue weighted by Crippen LogP contribution is -1.94. The smallest absolute Gasteiger partial charge is 0.0968 e. The molecule has 0 amide bonds. The first-order chi connectivity index (χ1) is 9.33.